The van der Waals surface area contributed by atoms with E-state index < -0.39 is 49.2 Å². The Kier molecular flexibility index (Phi) is 9.93. The van der Waals surface area contributed by atoms with Crippen molar-refractivity contribution in [1.82, 2.24) is 10.3 Å². The number of Topliss-reactive ketones (excluding diaryl/α,β-unsaturated/α-hetero) is 1. The van der Waals surface area contributed by atoms with Gasteiger partial charge >= 0.3 is 12.1 Å². The van der Waals surface area contributed by atoms with E-state index in [1.807, 2.05) is 5.32 Å². The van der Waals surface area contributed by atoms with Crippen LogP contribution in [0.25, 0.3) is 0 Å². The number of methoxy groups -OCH3 is 1. The highest BCUT2D eigenvalue weighted by Crippen LogP contribution is 2.27. The highest BCUT2D eigenvalue weighted by Gasteiger charge is 2.39. The molecule has 0 aliphatic carbocycles. The van der Waals surface area contributed by atoms with Crippen LogP contribution < -0.4 is 14.8 Å². The zero-order valence-corrected chi connectivity index (χ0v) is 17.0. The number of hydrogen-bond acceptors (Lipinski definition) is 7. The smallest absolute Gasteiger partial charge is 0.450 e. The SMILES string of the molecule is COC(=O)COc1ncccc1O/C(C)=C(Cl)/C=C(/F)CNC(=O)CC(=O)C(F)(F)F. The van der Waals surface area contributed by atoms with Crippen LogP contribution in [0.5, 0.6) is 11.6 Å². The molecule has 1 heterocycles. The van der Waals surface area contributed by atoms with Crippen LogP contribution in [0, 0.1) is 0 Å². The lowest BCUT2D eigenvalue weighted by atomic mass is 10.2. The highest BCUT2D eigenvalue weighted by molar-refractivity contribution is 6.31. The van der Waals surface area contributed by atoms with Crippen molar-refractivity contribution in [2.45, 2.75) is 19.5 Å². The third-order valence-electron chi connectivity index (χ3n) is 3.27. The Bertz CT molecular complexity index is 886. The molecule has 13 heteroatoms. The van der Waals surface area contributed by atoms with Crippen molar-refractivity contribution in [3.8, 4) is 11.6 Å². The van der Waals surface area contributed by atoms with Gasteiger partial charge in [0.05, 0.1) is 25.1 Å². The van der Waals surface area contributed by atoms with Gasteiger partial charge in [-0.2, -0.15) is 13.2 Å². The van der Waals surface area contributed by atoms with Crippen molar-refractivity contribution in [3.63, 3.8) is 0 Å². The van der Waals surface area contributed by atoms with Gasteiger partial charge in [0, 0.05) is 6.20 Å². The minimum atomic E-state index is -5.15. The third-order valence-corrected chi connectivity index (χ3v) is 3.64. The van der Waals surface area contributed by atoms with E-state index in [0.717, 1.165) is 6.08 Å². The molecule has 1 aromatic heterocycles. The van der Waals surface area contributed by atoms with Crippen molar-refractivity contribution in [1.29, 1.82) is 0 Å². The Labute approximate surface area is 178 Å². The number of halogens is 5. The summed E-state index contributed by atoms with van der Waals surface area (Å²) >= 11 is 5.93. The number of nitrogens with one attached hydrogen (secondary N) is 1. The van der Waals surface area contributed by atoms with E-state index in [-0.39, 0.29) is 22.4 Å². The molecular weight excluding hydrogens is 452 g/mol. The lowest BCUT2D eigenvalue weighted by Crippen LogP contribution is -2.32. The first kappa shape index (κ1) is 25.9. The third kappa shape index (κ3) is 9.47. The molecule has 1 rings (SSSR count). The van der Waals surface area contributed by atoms with Gasteiger partial charge < -0.3 is 19.5 Å². The number of allylic oxidation sites excluding steroid dienone is 3. The summed E-state index contributed by atoms with van der Waals surface area (Å²) in [5.74, 6) is -5.27. The second-order valence-corrected chi connectivity index (χ2v) is 6.05. The number of nitrogens with zero attached hydrogens (tertiary/aromatic N) is 1. The molecule has 1 amide bonds. The summed E-state index contributed by atoms with van der Waals surface area (Å²) in [6.07, 6.45) is -4.49. The van der Waals surface area contributed by atoms with Gasteiger partial charge in [-0.25, -0.2) is 14.2 Å². The maximum Gasteiger partial charge on any atom is 0.450 e. The Morgan fingerprint density at radius 3 is 2.58 bits per heavy atom. The number of ketones is 1. The number of esters is 1. The van der Waals surface area contributed by atoms with E-state index >= 15 is 0 Å². The van der Waals surface area contributed by atoms with E-state index in [1.54, 1.807) is 0 Å². The predicted molar refractivity (Wildman–Crippen MR) is 98.8 cm³/mol. The van der Waals surface area contributed by atoms with Crippen molar-refractivity contribution < 1.29 is 46.2 Å². The molecule has 0 radical (unpaired) electrons. The number of carbonyl (C=O) groups is 3. The van der Waals surface area contributed by atoms with E-state index in [1.165, 1.54) is 32.4 Å². The number of amides is 1. The van der Waals surface area contributed by atoms with Crippen LogP contribution in [-0.4, -0.2) is 49.1 Å². The molecule has 1 N–H and O–H groups in total. The molecule has 0 spiro atoms. The van der Waals surface area contributed by atoms with Crippen LogP contribution in [0.3, 0.4) is 0 Å². The summed E-state index contributed by atoms with van der Waals surface area (Å²) in [4.78, 5) is 37.0. The predicted octanol–water partition coefficient (Wildman–Crippen LogP) is 2.97. The zero-order valence-electron chi connectivity index (χ0n) is 16.2. The van der Waals surface area contributed by atoms with Crippen molar-refractivity contribution >= 4 is 29.3 Å². The molecule has 170 valence electrons. The molecule has 0 saturated heterocycles. The number of ether oxygens (including phenoxy) is 3. The zero-order chi connectivity index (χ0) is 23.6. The largest absolute Gasteiger partial charge is 0.466 e. The molecule has 1 aromatic rings. The lowest BCUT2D eigenvalue weighted by Gasteiger charge is -2.11. The first-order chi connectivity index (χ1) is 14.4. The van der Waals surface area contributed by atoms with Gasteiger partial charge in [0.2, 0.25) is 11.7 Å². The van der Waals surface area contributed by atoms with E-state index in [0.29, 0.717) is 0 Å². The normalized spacial score (nSPS) is 12.5. The molecule has 0 atom stereocenters. The molecule has 0 saturated carbocycles. The molecular formula is C18H17ClF4N2O6. The summed E-state index contributed by atoms with van der Waals surface area (Å²) in [6.45, 7) is 0.128. The van der Waals surface area contributed by atoms with Crippen LogP contribution >= 0.6 is 11.6 Å². The average Bonchev–Trinajstić information content (AvgIpc) is 2.70. The number of hydrogen-bond donors (Lipinski definition) is 1. The minimum absolute atomic E-state index is 0.0219. The van der Waals surface area contributed by atoms with Gasteiger partial charge in [-0.1, -0.05) is 11.6 Å². The Balaban J connectivity index is 2.74. The fraction of sp³-hybridized carbons (Fsp3) is 0.333. The summed E-state index contributed by atoms with van der Waals surface area (Å²) in [5, 5.41) is 1.57. The topological polar surface area (TPSA) is 104 Å². The lowest BCUT2D eigenvalue weighted by molar-refractivity contribution is -0.172. The summed E-state index contributed by atoms with van der Waals surface area (Å²) in [6, 6.07) is 2.93. The van der Waals surface area contributed by atoms with Crippen LogP contribution in [0.2, 0.25) is 0 Å². The van der Waals surface area contributed by atoms with Crippen LogP contribution in [-0.2, 0) is 19.1 Å². The maximum atomic E-state index is 13.9. The number of carbonyl (C=O) groups excluding carboxylic acids is 3. The van der Waals surface area contributed by atoms with E-state index in [9.17, 15) is 31.9 Å². The summed E-state index contributed by atoms with van der Waals surface area (Å²) in [5.41, 5.74) is 0. The quantitative estimate of drug-likeness (QED) is 0.185. The second kappa shape index (κ2) is 11.9. The van der Waals surface area contributed by atoms with Gasteiger partial charge in [0.15, 0.2) is 12.4 Å². The van der Waals surface area contributed by atoms with E-state index in [2.05, 4.69) is 9.72 Å². The van der Waals surface area contributed by atoms with Crippen molar-refractivity contribution in [2.75, 3.05) is 20.3 Å². The Morgan fingerprint density at radius 1 is 1.29 bits per heavy atom. The van der Waals surface area contributed by atoms with E-state index in [4.69, 9.17) is 21.1 Å². The molecule has 0 bridgehead atoms. The standard InChI is InChI=1S/C18H17ClF4N2O6/c1-10(31-13-4-3-5-24-17(13)30-9-16(28)29-2)12(19)6-11(20)8-25-15(27)7-14(26)18(21,22)23/h3-6H,7-9H2,1-2H3,(H,25,27)/b11-6+,12-10-. The van der Waals surface area contributed by atoms with Crippen molar-refractivity contribution in [2.24, 2.45) is 0 Å². The van der Waals surface area contributed by atoms with Gasteiger partial charge in [-0.05, 0) is 25.1 Å². The Hall–Kier alpha value is -3.15. The van der Waals surface area contributed by atoms with Gasteiger partial charge in [-0.15, -0.1) is 0 Å². The first-order valence-electron chi connectivity index (χ1n) is 8.35. The number of pyridine rings is 1. The monoisotopic (exact) mass is 468 g/mol. The molecule has 0 aromatic carbocycles. The average molecular weight is 469 g/mol. The highest BCUT2D eigenvalue weighted by atomic mass is 35.5. The first-order valence-corrected chi connectivity index (χ1v) is 8.73. The van der Waals surface area contributed by atoms with Crippen LogP contribution in [0.1, 0.15) is 13.3 Å². The van der Waals surface area contributed by atoms with Crippen LogP contribution in [0.4, 0.5) is 17.6 Å². The fourth-order valence-electron chi connectivity index (χ4n) is 1.74. The molecule has 0 fully saturated rings. The molecule has 31 heavy (non-hydrogen) atoms. The molecule has 8 nitrogen and oxygen atoms in total. The van der Waals surface area contributed by atoms with Crippen molar-refractivity contribution in [3.05, 3.63) is 41.0 Å². The summed E-state index contributed by atoms with van der Waals surface area (Å²) in [7, 11) is 1.17. The number of rotatable bonds is 10. The molecule has 0 aliphatic rings. The fourth-order valence-corrected chi connectivity index (χ4v) is 1.90. The molecule has 0 aliphatic heterocycles. The molecule has 0 unspecified atom stereocenters. The Morgan fingerprint density at radius 2 is 1.97 bits per heavy atom. The number of alkyl halides is 3. The van der Waals surface area contributed by atoms with Gasteiger partial charge in [-0.3, -0.25) is 9.59 Å². The maximum absolute atomic E-state index is 13.9. The van der Waals surface area contributed by atoms with Gasteiger partial charge in [0.25, 0.3) is 5.88 Å². The number of aromatic nitrogens is 1. The second-order valence-electron chi connectivity index (χ2n) is 5.64. The minimum Gasteiger partial charge on any atom is -0.466 e. The van der Waals surface area contributed by atoms with Gasteiger partial charge in [0.1, 0.15) is 11.6 Å². The summed E-state index contributed by atoms with van der Waals surface area (Å²) < 4.78 is 65.2. The van der Waals surface area contributed by atoms with Crippen LogP contribution in [0.15, 0.2) is 41.0 Å².